The number of hydrogen-bond acceptors (Lipinski definition) is 6. The normalized spacial score (nSPS) is 15.1. The first-order valence-electron chi connectivity index (χ1n) is 11.5. The van der Waals surface area contributed by atoms with Crippen molar-refractivity contribution in [2.24, 2.45) is 11.7 Å². The van der Waals surface area contributed by atoms with Crippen molar-refractivity contribution in [3.63, 3.8) is 0 Å². The highest BCUT2D eigenvalue weighted by Gasteiger charge is 2.46. The van der Waals surface area contributed by atoms with Gasteiger partial charge < -0.3 is 16.4 Å². The minimum Gasteiger partial charge on any atom is -0.355 e. The molecule has 2 aromatic carbocycles. The van der Waals surface area contributed by atoms with E-state index in [4.69, 9.17) is 5.73 Å². The third kappa shape index (κ3) is 3.96. The van der Waals surface area contributed by atoms with Gasteiger partial charge in [-0.25, -0.2) is 0 Å². The molecule has 4 rings (SSSR count). The Bertz CT molecular complexity index is 1140. The predicted octanol–water partition coefficient (Wildman–Crippen LogP) is 1.73. The van der Waals surface area contributed by atoms with Gasteiger partial charge in [-0.1, -0.05) is 31.2 Å². The Morgan fingerprint density at radius 3 is 1.94 bits per heavy atom. The van der Waals surface area contributed by atoms with E-state index < -0.39 is 5.41 Å². The Morgan fingerprint density at radius 1 is 1.00 bits per heavy atom. The van der Waals surface area contributed by atoms with Gasteiger partial charge >= 0.3 is 0 Å². The molecule has 34 heavy (non-hydrogen) atoms. The molecular formula is C25H31N7O2. The number of aromatic nitrogens is 4. The maximum Gasteiger partial charge on any atom is 0.251 e. The molecule has 0 fully saturated rings. The Morgan fingerprint density at radius 2 is 1.53 bits per heavy atom. The summed E-state index contributed by atoms with van der Waals surface area (Å²) in [5.41, 5.74) is 11.1. The predicted molar refractivity (Wildman–Crippen MR) is 129 cm³/mol. The number of benzene rings is 2. The van der Waals surface area contributed by atoms with E-state index in [1.807, 2.05) is 36.4 Å². The Balaban J connectivity index is 2.03. The second kappa shape index (κ2) is 9.34. The lowest BCUT2D eigenvalue weighted by Crippen LogP contribution is -2.41. The second-order valence-corrected chi connectivity index (χ2v) is 9.15. The number of H-pyrrole nitrogens is 1. The van der Waals surface area contributed by atoms with Crippen LogP contribution >= 0.6 is 0 Å². The lowest BCUT2D eigenvalue weighted by Gasteiger charge is -2.37. The largest absolute Gasteiger partial charge is 0.355 e. The molecule has 2 amide bonds. The number of hydrogen-bond donors (Lipinski definition) is 4. The van der Waals surface area contributed by atoms with Crippen LogP contribution in [0.25, 0.3) is 0 Å². The SMILES string of the molecule is CNC(=O)c1ccc2c(c1)CCc1cc(C(=O)NC)ccc1C2(C[C@H](N)C(C)C)c1nn[nH]n1. The van der Waals surface area contributed by atoms with Crippen molar-refractivity contribution >= 4 is 11.8 Å². The summed E-state index contributed by atoms with van der Waals surface area (Å²) in [6, 6.07) is 11.4. The van der Waals surface area contributed by atoms with Gasteiger partial charge in [0.1, 0.15) is 0 Å². The number of nitrogens with zero attached hydrogens (tertiary/aromatic N) is 3. The third-order valence-corrected chi connectivity index (χ3v) is 6.90. The first kappa shape index (κ1) is 23.6. The summed E-state index contributed by atoms with van der Waals surface area (Å²) >= 11 is 0. The topological polar surface area (TPSA) is 139 Å². The van der Waals surface area contributed by atoms with Crippen LogP contribution in [-0.4, -0.2) is 52.6 Å². The zero-order valence-electron chi connectivity index (χ0n) is 20.0. The van der Waals surface area contributed by atoms with Crippen LogP contribution in [0.3, 0.4) is 0 Å². The molecule has 1 aliphatic rings. The maximum absolute atomic E-state index is 12.4. The number of nitrogens with one attached hydrogen (secondary N) is 3. The van der Waals surface area contributed by atoms with Crippen LogP contribution in [0.1, 0.15) is 69.1 Å². The summed E-state index contributed by atoms with van der Waals surface area (Å²) in [6.07, 6.45) is 1.94. The van der Waals surface area contributed by atoms with Crippen molar-refractivity contribution in [3.8, 4) is 0 Å². The highest BCUT2D eigenvalue weighted by atomic mass is 16.2. The average Bonchev–Trinajstić information content (AvgIpc) is 3.36. The van der Waals surface area contributed by atoms with E-state index >= 15 is 0 Å². The molecule has 9 heteroatoms. The minimum absolute atomic E-state index is 0.143. The number of carbonyl (C=O) groups excluding carboxylic acids is 2. The maximum atomic E-state index is 12.4. The van der Waals surface area contributed by atoms with Crippen molar-refractivity contribution in [2.45, 2.75) is 44.6 Å². The molecule has 0 bridgehead atoms. The first-order chi connectivity index (χ1) is 16.3. The van der Waals surface area contributed by atoms with Gasteiger partial charge in [-0.05, 0) is 71.7 Å². The van der Waals surface area contributed by atoms with Crippen molar-refractivity contribution in [3.05, 3.63) is 75.6 Å². The fourth-order valence-corrected chi connectivity index (χ4v) is 4.90. The fraction of sp³-hybridized carbons (Fsp3) is 0.400. The van der Waals surface area contributed by atoms with Crippen molar-refractivity contribution in [2.75, 3.05) is 14.1 Å². The van der Waals surface area contributed by atoms with E-state index in [0.29, 0.717) is 36.2 Å². The first-order valence-corrected chi connectivity index (χ1v) is 11.5. The molecule has 0 aliphatic heterocycles. The zero-order valence-corrected chi connectivity index (χ0v) is 20.0. The van der Waals surface area contributed by atoms with Crippen LogP contribution in [0.5, 0.6) is 0 Å². The number of nitrogens with two attached hydrogens (primary N) is 1. The van der Waals surface area contributed by atoms with Crippen LogP contribution < -0.4 is 16.4 Å². The number of tetrazole rings is 1. The number of rotatable bonds is 6. The average molecular weight is 462 g/mol. The van der Waals surface area contributed by atoms with Gasteiger partial charge in [0.2, 0.25) is 0 Å². The Hall–Kier alpha value is -3.59. The molecule has 178 valence electrons. The number of fused-ring (bicyclic) bond motifs is 2. The van der Waals surface area contributed by atoms with Crippen LogP contribution in [-0.2, 0) is 18.3 Å². The van der Waals surface area contributed by atoms with Gasteiger partial charge in [0.15, 0.2) is 5.82 Å². The highest BCUT2D eigenvalue weighted by Crippen LogP contribution is 2.47. The summed E-state index contributed by atoms with van der Waals surface area (Å²) in [5.74, 6) is 0.452. The molecule has 1 aromatic heterocycles. The number of aryl methyl sites for hydroxylation is 2. The van der Waals surface area contributed by atoms with Crippen molar-refractivity contribution in [1.82, 2.24) is 31.3 Å². The molecule has 9 nitrogen and oxygen atoms in total. The lowest BCUT2D eigenvalue weighted by atomic mass is 9.66. The molecule has 3 aromatic rings. The summed E-state index contributed by atoms with van der Waals surface area (Å²) in [7, 11) is 3.24. The smallest absolute Gasteiger partial charge is 0.251 e. The van der Waals surface area contributed by atoms with E-state index in [1.165, 1.54) is 0 Å². The molecular weight excluding hydrogens is 430 g/mol. The van der Waals surface area contributed by atoms with Crippen LogP contribution in [0.15, 0.2) is 36.4 Å². The van der Waals surface area contributed by atoms with Crippen LogP contribution in [0.2, 0.25) is 0 Å². The summed E-state index contributed by atoms with van der Waals surface area (Å²) in [6.45, 7) is 4.19. The van der Waals surface area contributed by atoms with Crippen molar-refractivity contribution < 1.29 is 9.59 Å². The van der Waals surface area contributed by atoms with E-state index in [9.17, 15) is 9.59 Å². The van der Waals surface area contributed by atoms with E-state index in [-0.39, 0.29) is 23.8 Å². The quantitative estimate of drug-likeness (QED) is 0.441. The minimum atomic E-state index is -0.791. The highest BCUT2D eigenvalue weighted by molar-refractivity contribution is 5.95. The molecule has 0 saturated carbocycles. The van der Waals surface area contributed by atoms with Gasteiger partial charge in [0.05, 0.1) is 5.41 Å². The Labute approximate surface area is 198 Å². The monoisotopic (exact) mass is 461 g/mol. The second-order valence-electron chi connectivity index (χ2n) is 9.15. The summed E-state index contributed by atoms with van der Waals surface area (Å²) in [5, 5.41) is 20.8. The molecule has 1 atom stereocenters. The molecule has 5 N–H and O–H groups in total. The molecule has 0 radical (unpaired) electrons. The number of amides is 2. The molecule has 0 saturated heterocycles. The molecule has 0 spiro atoms. The zero-order chi connectivity index (χ0) is 24.5. The van der Waals surface area contributed by atoms with Gasteiger partial charge in [-0.3, -0.25) is 9.59 Å². The van der Waals surface area contributed by atoms with Crippen LogP contribution in [0, 0.1) is 5.92 Å². The van der Waals surface area contributed by atoms with Gasteiger partial charge in [-0.2, -0.15) is 5.21 Å². The number of carbonyl (C=O) groups is 2. The van der Waals surface area contributed by atoms with Crippen molar-refractivity contribution in [1.29, 1.82) is 0 Å². The molecule has 1 heterocycles. The summed E-state index contributed by atoms with van der Waals surface area (Å²) < 4.78 is 0. The Kier molecular flexibility index (Phi) is 6.47. The third-order valence-electron chi connectivity index (χ3n) is 6.90. The lowest BCUT2D eigenvalue weighted by molar-refractivity contribution is 0.0955. The van der Waals surface area contributed by atoms with E-state index in [0.717, 1.165) is 22.3 Å². The summed E-state index contributed by atoms with van der Waals surface area (Å²) in [4.78, 5) is 24.8. The van der Waals surface area contributed by atoms with E-state index in [1.54, 1.807) is 14.1 Å². The fourth-order valence-electron chi connectivity index (χ4n) is 4.90. The number of aromatic amines is 1. The van der Waals surface area contributed by atoms with Gasteiger partial charge in [-0.15, -0.1) is 10.2 Å². The van der Waals surface area contributed by atoms with Crippen LogP contribution in [0.4, 0.5) is 0 Å². The standard InChI is InChI=1S/C25H31N7O2/c1-14(2)21(26)13-25(24-29-31-32-30-24)19-9-7-17(22(33)27-3)11-15(19)5-6-16-12-18(23(34)28-4)8-10-20(16)25/h7-12,14,21H,5-6,13,26H2,1-4H3,(H,27,33)(H,28,34)(H,29,30,31,32)/t21-/m0/s1. The van der Waals surface area contributed by atoms with E-state index in [2.05, 4.69) is 45.1 Å². The molecule has 1 aliphatic carbocycles. The van der Waals surface area contributed by atoms with Gasteiger partial charge in [0.25, 0.3) is 11.8 Å². The molecule has 0 unspecified atom stereocenters. The van der Waals surface area contributed by atoms with Gasteiger partial charge in [0, 0.05) is 31.3 Å².